The van der Waals surface area contributed by atoms with E-state index >= 15 is 0 Å². The lowest BCUT2D eigenvalue weighted by molar-refractivity contribution is 0.0467. The molecule has 122 valence electrons. The van der Waals surface area contributed by atoms with Crippen molar-refractivity contribution in [3.63, 3.8) is 0 Å². The Morgan fingerprint density at radius 3 is 2.83 bits per heavy atom. The van der Waals surface area contributed by atoms with Crippen molar-refractivity contribution in [2.45, 2.75) is 20.0 Å². The largest absolute Gasteiger partial charge is 0.456 e. The van der Waals surface area contributed by atoms with Gasteiger partial charge in [-0.2, -0.15) is 0 Å². The molecule has 0 radical (unpaired) electrons. The Morgan fingerprint density at radius 1 is 1.25 bits per heavy atom. The number of carbonyl (C=O) groups is 1. The van der Waals surface area contributed by atoms with Crippen molar-refractivity contribution in [3.05, 3.63) is 74.9 Å². The second-order valence-corrected chi connectivity index (χ2v) is 5.65. The Kier molecular flexibility index (Phi) is 4.62. The number of ether oxygens (including phenoxy) is 1. The first-order valence-corrected chi connectivity index (χ1v) is 7.79. The van der Waals surface area contributed by atoms with Gasteiger partial charge in [0.1, 0.15) is 17.9 Å². The van der Waals surface area contributed by atoms with Gasteiger partial charge in [0.25, 0.3) is 0 Å². The SMILES string of the molecule is CCc1ccc2c(COC(=O)c3cc(Cl)ccn3)cc(=O)oc2c1. The van der Waals surface area contributed by atoms with E-state index in [1.165, 1.54) is 18.3 Å². The van der Waals surface area contributed by atoms with Crippen molar-refractivity contribution in [2.24, 2.45) is 0 Å². The monoisotopic (exact) mass is 343 g/mol. The lowest BCUT2D eigenvalue weighted by Gasteiger charge is -2.08. The van der Waals surface area contributed by atoms with Gasteiger partial charge in [-0.15, -0.1) is 0 Å². The molecule has 5 nitrogen and oxygen atoms in total. The molecule has 0 bridgehead atoms. The molecular formula is C18H14ClNO4. The number of aryl methyl sites for hydroxylation is 1. The summed E-state index contributed by atoms with van der Waals surface area (Å²) in [6.45, 7) is 1.96. The van der Waals surface area contributed by atoms with Crippen LogP contribution in [0.5, 0.6) is 0 Å². The maximum Gasteiger partial charge on any atom is 0.357 e. The Balaban J connectivity index is 1.87. The average molecular weight is 344 g/mol. The van der Waals surface area contributed by atoms with Crippen LogP contribution < -0.4 is 5.63 Å². The van der Waals surface area contributed by atoms with Gasteiger partial charge in [0.05, 0.1) is 0 Å². The second kappa shape index (κ2) is 6.84. The first-order chi connectivity index (χ1) is 11.6. The van der Waals surface area contributed by atoms with E-state index in [1.807, 2.05) is 25.1 Å². The molecule has 0 aliphatic rings. The highest BCUT2D eigenvalue weighted by molar-refractivity contribution is 6.30. The van der Waals surface area contributed by atoms with E-state index in [0.717, 1.165) is 17.4 Å². The van der Waals surface area contributed by atoms with Gasteiger partial charge < -0.3 is 9.15 Å². The second-order valence-electron chi connectivity index (χ2n) is 5.21. The zero-order chi connectivity index (χ0) is 17.1. The molecule has 0 aliphatic heterocycles. The van der Waals surface area contributed by atoms with Gasteiger partial charge in [0.2, 0.25) is 0 Å². The minimum absolute atomic E-state index is 0.0550. The number of hydrogen-bond donors (Lipinski definition) is 0. The number of hydrogen-bond acceptors (Lipinski definition) is 5. The predicted molar refractivity (Wildman–Crippen MR) is 90.2 cm³/mol. The fourth-order valence-corrected chi connectivity index (χ4v) is 2.51. The summed E-state index contributed by atoms with van der Waals surface area (Å²) in [5, 5.41) is 1.13. The van der Waals surface area contributed by atoms with Crippen LogP contribution >= 0.6 is 11.6 Å². The average Bonchev–Trinajstić information content (AvgIpc) is 2.58. The van der Waals surface area contributed by atoms with Crippen LogP contribution in [0.1, 0.15) is 28.5 Å². The highest BCUT2D eigenvalue weighted by Crippen LogP contribution is 2.20. The van der Waals surface area contributed by atoms with Crippen molar-refractivity contribution in [1.29, 1.82) is 0 Å². The molecular weight excluding hydrogens is 330 g/mol. The standard InChI is InChI=1S/C18H14ClNO4/c1-2-11-3-4-14-12(8-17(21)24-16(14)7-11)10-23-18(22)15-9-13(19)5-6-20-15/h3-9H,2,10H2,1H3. The quantitative estimate of drug-likeness (QED) is 0.533. The van der Waals surface area contributed by atoms with Crippen LogP contribution in [0.3, 0.4) is 0 Å². The van der Waals surface area contributed by atoms with Crippen molar-refractivity contribution in [1.82, 2.24) is 4.98 Å². The van der Waals surface area contributed by atoms with Crippen LogP contribution in [0, 0.1) is 0 Å². The maximum absolute atomic E-state index is 12.0. The zero-order valence-electron chi connectivity index (χ0n) is 12.9. The topological polar surface area (TPSA) is 69.4 Å². The smallest absolute Gasteiger partial charge is 0.357 e. The van der Waals surface area contributed by atoms with Crippen molar-refractivity contribution in [3.8, 4) is 0 Å². The first kappa shape index (κ1) is 16.2. The normalized spacial score (nSPS) is 10.8. The Labute approximate surface area is 142 Å². The van der Waals surface area contributed by atoms with Crippen LogP contribution in [0.4, 0.5) is 0 Å². The maximum atomic E-state index is 12.0. The Hall–Kier alpha value is -2.66. The molecule has 1 aromatic carbocycles. The van der Waals surface area contributed by atoms with E-state index in [2.05, 4.69) is 4.98 Å². The van der Waals surface area contributed by atoms with Gasteiger partial charge >= 0.3 is 11.6 Å². The van der Waals surface area contributed by atoms with E-state index < -0.39 is 11.6 Å². The molecule has 0 amide bonds. The third-order valence-electron chi connectivity index (χ3n) is 3.59. The summed E-state index contributed by atoms with van der Waals surface area (Å²) >= 11 is 5.83. The minimum Gasteiger partial charge on any atom is -0.456 e. The lowest BCUT2D eigenvalue weighted by Crippen LogP contribution is -2.09. The van der Waals surface area contributed by atoms with E-state index in [-0.39, 0.29) is 12.3 Å². The van der Waals surface area contributed by atoms with Gasteiger partial charge in [-0.05, 0) is 30.2 Å². The molecule has 24 heavy (non-hydrogen) atoms. The number of nitrogens with zero attached hydrogens (tertiary/aromatic N) is 1. The number of aromatic nitrogens is 1. The number of benzene rings is 1. The number of rotatable bonds is 4. The van der Waals surface area contributed by atoms with E-state index in [9.17, 15) is 9.59 Å². The summed E-state index contributed by atoms with van der Waals surface area (Å²) < 4.78 is 10.5. The van der Waals surface area contributed by atoms with Gasteiger partial charge in [-0.1, -0.05) is 30.7 Å². The number of carbonyl (C=O) groups excluding carboxylic acids is 1. The van der Waals surface area contributed by atoms with Crippen LogP contribution in [0.25, 0.3) is 11.0 Å². The highest BCUT2D eigenvalue weighted by atomic mass is 35.5. The van der Waals surface area contributed by atoms with Crippen LogP contribution in [-0.4, -0.2) is 11.0 Å². The van der Waals surface area contributed by atoms with Crippen molar-refractivity contribution in [2.75, 3.05) is 0 Å². The summed E-state index contributed by atoms with van der Waals surface area (Å²) in [6.07, 6.45) is 2.26. The molecule has 0 unspecified atom stereocenters. The van der Waals surface area contributed by atoms with Crippen LogP contribution in [0.15, 0.2) is 51.8 Å². The molecule has 2 aromatic heterocycles. The van der Waals surface area contributed by atoms with Gasteiger partial charge in [-0.25, -0.2) is 14.6 Å². The lowest BCUT2D eigenvalue weighted by atomic mass is 10.1. The summed E-state index contributed by atoms with van der Waals surface area (Å²) in [6, 6.07) is 9.95. The molecule has 0 atom stereocenters. The zero-order valence-corrected chi connectivity index (χ0v) is 13.7. The van der Waals surface area contributed by atoms with E-state index in [1.54, 1.807) is 6.07 Å². The minimum atomic E-state index is -0.607. The molecule has 0 fully saturated rings. The van der Waals surface area contributed by atoms with Crippen molar-refractivity contribution < 1.29 is 13.9 Å². The van der Waals surface area contributed by atoms with Gasteiger partial charge in [0, 0.05) is 28.2 Å². The molecule has 3 aromatic rings. The molecule has 0 N–H and O–H groups in total. The molecule has 0 aliphatic carbocycles. The summed E-state index contributed by atoms with van der Waals surface area (Å²) in [4.78, 5) is 27.7. The van der Waals surface area contributed by atoms with Gasteiger partial charge in [0.15, 0.2) is 0 Å². The molecule has 3 rings (SSSR count). The Bertz CT molecular complexity index is 965. The molecule has 0 spiro atoms. The van der Waals surface area contributed by atoms with Crippen LogP contribution in [0.2, 0.25) is 5.02 Å². The number of esters is 1. The fourth-order valence-electron chi connectivity index (χ4n) is 2.35. The highest BCUT2D eigenvalue weighted by Gasteiger charge is 2.12. The van der Waals surface area contributed by atoms with Crippen LogP contribution in [-0.2, 0) is 17.8 Å². The van der Waals surface area contributed by atoms with Gasteiger partial charge in [-0.3, -0.25) is 0 Å². The third-order valence-corrected chi connectivity index (χ3v) is 3.83. The predicted octanol–water partition coefficient (Wildman–Crippen LogP) is 3.76. The number of fused-ring (bicyclic) bond motifs is 1. The molecule has 0 saturated heterocycles. The molecule has 6 heteroatoms. The Morgan fingerprint density at radius 2 is 2.08 bits per heavy atom. The summed E-state index contributed by atoms with van der Waals surface area (Å²) in [7, 11) is 0. The van der Waals surface area contributed by atoms with Crippen molar-refractivity contribution >= 4 is 28.5 Å². The van der Waals surface area contributed by atoms with E-state index in [4.69, 9.17) is 20.8 Å². The van der Waals surface area contributed by atoms with E-state index in [0.29, 0.717) is 16.2 Å². The molecule has 2 heterocycles. The fraction of sp³-hybridized carbons (Fsp3) is 0.167. The summed E-state index contributed by atoms with van der Waals surface area (Å²) in [5.41, 5.74) is 1.75. The third kappa shape index (κ3) is 3.46. The number of pyridine rings is 1. The number of halogens is 1. The summed E-state index contributed by atoms with van der Waals surface area (Å²) in [5.74, 6) is -0.607. The first-order valence-electron chi connectivity index (χ1n) is 7.41. The molecule has 0 saturated carbocycles.